The number of nitrogens with two attached hydrogens (primary N) is 1. The zero-order chi connectivity index (χ0) is 25.4. The van der Waals surface area contributed by atoms with Crippen molar-refractivity contribution in [2.24, 2.45) is 49.9 Å². The minimum atomic E-state index is -0.629. The van der Waals surface area contributed by atoms with Gasteiger partial charge in [0, 0.05) is 42.6 Å². The number of aliphatic hydroxyl groups excluding tert-OH is 1. The van der Waals surface area contributed by atoms with Crippen LogP contribution in [0.15, 0.2) is 50.2 Å². The fourth-order valence-corrected chi connectivity index (χ4v) is 5.80. The Morgan fingerprint density at radius 3 is 2.67 bits per heavy atom. The Morgan fingerprint density at radius 1 is 1.22 bits per heavy atom. The molecule has 0 spiro atoms. The monoisotopic (exact) mass is 491 g/mol. The SMILES string of the molecule is CC(C)(C)C1=NC2=C(C(C3CCC(/C=N\C(=O)C4C=NN(CC5CC5)C4)CC3)=CC(O)C=C2)C(N)C1. The van der Waals surface area contributed by atoms with Crippen LogP contribution in [0.1, 0.15) is 65.7 Å². The Bertz CT molecular complexity index is 1050. The van der Waals surface area contributed by atoms with Gasteiger partial charge in [-0.05, 0) is 79.6 Å². The van der Waals surface area contributed by atoms with E-state index in [1.165, 1.54) is 12.8 Å². The molecule has 0 saturated heterocycles. The van der Waals surface area contributed by atoms with E-state index in [0.717, 1.165) is 67.1 Å². The lowest BCUT2D eigenvalue weighted by molar-refractivity contribution is -0.119. The van der Waals surface area contributed by atoms with Crippen LogP contribution < -0.4 is 5.73 Å². The zero-order valence-electron chi connectivity index (χ0n) is 21.9. The van der Waals surface area contributed by atoms with E-state index in [1.54, 1.807) is 6.21 Å². The van der Waals surface area contributed by atoms with Gasteiger partial charge in [-0.3, -0.25) is 14.8 Å². The summed E-state index contributed by atoms with van der Waals surface area (Å²) in [6.07, 6.45) is 16.0. The van der Waals surface area contributed by atoms with Gasteiger partial charge in [-0.15, -0.1) is 0 Å². The Balaban J connectivity index is 1.21. The predicted octanol–water partition coefficient (Wildman–Crippen LogP) is 4.05. The normalized spacial score (nSPS) is 33.0. The van der Waals surface area contributed by atoms with Gasteiger partial charge in [-0.1, -0.05) is 26.8 Å². The highest BCUT2D eigenvalue weighted by atomic mass is 16.3. The molecular weight excluding hydrogens is 450 g/mol. The largest absolute Gasteiger partial charge is 0.385 e. The van der Waals surface area contributed by atoms with Crippen molar-refractivity contribution in [3.8, 4) is 0 Å². The van der Waals surface area contributed by atoms with Gasteiger partial charge >= 0.3 is 0 Å². The molecule has 5 aliphatic rings. The molecule has 2 heterocycles. The molecular formula is C29H41N5O2. The first kappa shape index (κ1) is 25.3. The average Bonchev–Trinajstić information content (AvgIpc) is 3.56. The highest BCUT2D eigenvalue weighted by molar-refractivity contribution is 5.98. The Labute approximate surface area is 215 Å². The summed E-state index contributed by atoms with van der Waals surface area (Å²) in [5.41, 5.74) is 11.0. The zero-order valence-corrected chi connectivity index (χ0v) is 21.9. The number of carbonyl (C=O) groups is 1. The highest BCUT2D eigenvalue weighted by Gasteiger charge is 2.35. The van der Waals surface area contributed by atoms with Crippen LogP contribution in [0, 0.1) is 29.1 Å². The molecule has 2 aliphatic heterocycles. The topological polar surface area (TPSA) is 104 Å². The Morgan fingerprint density at radius 2 is 1.97 bits per heavy atom. The molecule has 7 nitrogen and oxygen atoms in total. The standard InChI is InChI=1S/C29H41N5O2/c1-29(2,3)26-13-24(30)27-23(12-22(35)10-11-25(27)33-26)20-8-6-18(7-9-20)14-31-28(36)21-15-32-34(17-21)16-19-4-5-19/h10-12,14-15,18-22,24,35H,4-9,13,16-17,30H2,1-3H3/b31-14-. The van der Waals surface area contributed by atoms with Crippen LogP contribution in [-0.2, 0) is 4.79 Å². The molecule has 0 aromatic carbocycles. The van der Waals surface area contributed by atoms with Crippen LogP contribution in [-0.4, -0.2) is 59.4 Å². The quantitative estimate of drug-likeness (QED) is 0.566. The lowest BCUT2D eigenvalue weighted by Crippen LogP contribution is -2.37. The summed E-state index contributed by atoms with van der Waals surface area (Å²) in [6.45, 7) is 8.16. The van der Waals surface area contributed by atoms with Crippen LogP contribution in [0.5, 0.6) is 0 Å². The number of aliphatic imine (C=N–C) groups is 2. The summed E-state index contributed by atoms with van der Waals surface area (Å²) >= 11 is 0. The van der Waals surface area contributed by atoms with Gasteiger partial charge in [0.15, 0.2) is 0 Å². The maximum atomic E-state index is 12.6. The lowest BCUT2D eigenvalue weighted by Gasteiger charge is -2.35. The second-order valence-corrected chi connectivity index (χ2v) is 12.3. The van der Waals surface area contributed by atoms with Crippen LogP contribution in [0.25, 0.3) is 0 Å². The summed E-state index contributed by atoms with van der Waals surface area (Å²) in [6, 6.07) is -0.114. The smallest absolute Gasteiger partial charge is 0.255 e. The van der Waals surface area contributed by atoms with E-state index in [9.17, 15) is 9.90 Å². The number of hydrazone groups is 1. The second-order valence-electron chi connectivity index (χ2n) is 12.3. The third kappa shape index (κ3) is 5.78. The van der Waals surface area contributed by atoms with Gasteiger partial charge in [0.25, 0.3) is 5.91 Å². The van der Waals surface area contributed by atoms with Crippen molar-refractivity contribution < 1.29 is 9.90 Å². The Kier molecular flexibility index (Phi) is 7.14. The van der Waals surface area contributed by atoms with E-state index >= 15 is 0 Å². The van der Waals surface area contributed by atoms with Gasteiger partial charge in [0.2, 0.25) is 0 Å². The summed E-state index contributed by atoms with van der Waals surface area (Å²) < 4.78 is 0. The summed E-state index contributed by atoms with van der Waals surface area (Å²) in [5, 5.41) is 17.0. The van der Waals surface area contributed by atoms with E-state index in [2.05, 4.69) is 30.9 Å². The van der Waals surface area contributed by atoms with Crippen LogP contribution in [0.3, 0.4) is 0 Å². The first-order chi connectivity index (χ1) is 17.2. The van der Waals surface area contributed by atoms with Crippen LogP contribution >= 0.6 is 0 Å². The van der Waals surface area contributed by atoms with Crippen molar-refractivity contribution in [1.29, 1.82) is 0 Å². The minimum Gasteiger partial charge on any atom is -0.385 e. The minimum absolute atomic E-state index is 0.0343. The molecule has 3 atom stereocenters. The number of hydrogen-bond donors (Lipinski definition) is 2. The van der Waals surface area contributed by atoms with Gasteiger partial charge < -0.3 is 10.8 Å². The summed E-state index contributed by atoms with van der Waals surface area (Å²) in [7, 11) is 0. The molecule has 2 fully saturated rings. The molecule has 0 radical (unpaired) electrons. The Hall–Kier alpha value is -2.38. The first-order valence-corrected chi connectivity index (χ1v) is 13.7. The lowest BCUT2D eigenvalue weighted by atomic mass is 9.73. The third-order valence-corrected chi connectivity index (χ3v) is 8.22. The molecule has 5 rings (SSSR count). The molecule has 1 amide bonds. The number of amides is 1. The number of nitrogens with zero attached hydrogens (tertiary/aromatic N) is 4. The summed E-state index contributed by atoms with van der Waals surface area (Å²) in [4.78, 5) is 22.0. The van der Waals surface area contributed by atoms with E-state index < -0.39 is 6.10 Å². The van der Waals surface area contributed by atoms with Gasteiger partial charge in [0.1, 0.15) is 0 Å². The molecule has 36 heavy (non-hydrogen) atoms. The van der Waals surface area contributed by atoms with Gasteiger partial charge in [-0.2, -0.15) is 5.10 Å². The molecule has 3 N–H and O–H groups in total. The average molecular weight is 492 g/mol. The van der Waals surface area contributed by atoms with Crippen LogP contribution in [0.4, 0.5) is 0 Å². The number of hydrogen-bond acceptors (Lipinski definition) is 6. The summed E-state index contributed by atoms with van der Waals surface area (Å²) in [5.74, 6) is 1.12. The fraction of sp³-hybridized carbons (Fsp3) is 0.655. The fourth-order valence-electron chi connectivity index (χ4n) is 5.80. The molecule has 194 valence electrons. The predicted molar refractivity (Wildman–Crippen MR) is 145 cm³/mol. The second kappa shape index (κ2) is 10.2. The van der Waals surface area contributed by atoms with Crippen molar-refractivity contribution in [2.75, 3.05) is 13.1 Å². The van der Waals surface area contributed by atoms with E-state index in [0.29, 0.717) is 18.4 Å². The third-order valence-electron chi connectivity index (χ3n) is 8.22. The number of rotatable bonds is 5. The van der Waals surface area contributed by atoms with E-state index in [1.807, 2.05) is 29.5 Å². The molecule has 2 saturated carbocycles. The maximum absolute atomic E-state index is 12.6. The van der Waals surface area contributed by atoms with Crippen molar-refractivity contribution in [1.82, 2.24) is 5.01 Å². The maximum Gasteiger partial charge on any atom is 0.255 e. The molecule has 7 heteroatoms. The van der Waals surface area contributed by atoms with E-state index in [4.69, 9.17) is 10.7 Å². The van der Waals surface area contributed by atoms with Gasteiger partial charge in [-0.25, -0.2) is 4.99 Å². The van der Waals surface area contributed by atoms with Crippen molar-refractivity contribution in [3.05, 3.63) is 35.1 Å². The van der Waals surface area contributed by atoms with Crippen LogP contribution in [0.2, 0.25) is 0 Å². The van der Waals surface area contributed by atoms with E-state index in [-0.39, 0.29) is 23.3 Å². The molecule has 3 aliphatic carbocycles. The molecule has 0 aromatic heterocycles. The van der Waals surface area contributed by atoms with Gasteiger partial charge in [0.05, 0.1) is 24.3 Å². The molecule has 0 aromatic rings. The van der Waals surface area contributed by atoms with Crippen molar-refractivity contribution in [2.45, 2.75) is 77.9 Å². The number of carbonyl (C=O) groups excluding carboxylic acids is 1. The molecule has 0 bridgehead atoms. The number of allylic oxidation sites excluding steroid dienone is 1. The van der Waals surface area contributed by atoms with Crippen molar-refractivity contribution >= 4 is 24.0 Å². The first-order valence-electron chi connectivity index (χ1n) is 13.7. The highest BCUT2D eigenvalue weighted by Crippen LogP contribution is 2.41. The molecule has 3 unspecified atom stereocenters. The van der Waals surface area contributed by atoms with Crippen molar-refractivity contribution in [3.63, 3.8) is 0 Å². The number of aliphatic hydroxyl groups is 1.